The van der Waals surface area contributed by atoms with Crippen LogP contribution in [0.25, 0.3) is 0 Å². The van der Waals surface area contributed by atoms with E-state index < -0.39 is 0 Å². The van der Waals surface area contributed by atoms with Crippen molar-refractivity contribution >= 4 is 0 Å². The Balaban J connectivity index is 3.49. The van der Waals surface area contributed by atoms with Gasteiger partial charge in [-0.2, -0.15) is 0 Å². The second-order valence-corrected chi connectivity index (χ2v) is 3.20. The van der Waals surface area contributed by atoms with Crippen molar-refractivity contribution in [3.63, 3.8) is 0 Å². The highest BCUT2D eigenvalue weighted by Gasteiger charge is 2.04. The number of rotatable bonds is 6. The molecular formula is C9H22N2. The second-order valence-electron chi connectivity index (χ2n) is 3.20. The van der Waals surface area contributed by atoms with Crippen molar-refractivity contribution < 1.29 is 0 Å². The lowest BCUT2D eigenvalue weighted by atomic mass is 10.1. The van der Waals surface area contributed by atoms with E-state index in [2.05, 4.69) is 25.7 Å². The van der Waals surface area contributed by atoms with E-state index in [1.807, 2.05) is 0 Å². The van der Waals surface area contributed by atoms with E-state index >= 15 is 0 Å². The molecule has 0 aliphatic carbocycles. The molecule has 0 aliphatic heterocycles. The fourth-order valence-corrected chi connectivity index (χ4v) is 1.13. The Morgan fingerprint density at radius 3 is 2.36 bits per heavy atom. The molecule has 1 unspecified atom stereocenters. The van der Waals surface area contributed by atoms with Crippen molar-refractivity contribution in [1.82, 2.24) is 4.90 Å². The summed E-state index contributed by atoms with van der Waals surface area (Å²) in [7, 11) is 0. The molecule has 0 spiro atoms. The summed E-state index contributed by atoms with van der Waals surface area (Å²) in [5, 5.41) is 0. The molecule has 0 aromatic carbocycles. The van der Waals surface area contributed by atoms with E-state index in [0.29, 0.717) is 0 Å². The third-order valence-corrected chi connectivity index (χ3v) is 2.16. The third kappa shape index (κ3) is 5.22. The maximum atomic E-state index is 5.48. The van der Waals surface area contributed by atoms with Gasteiger partial charge in [0.15, 0.2) is 0 Å². The number of nitrogens with two attached hydrogens (primary N) is 1. The number of likely N-dealkylation sites (N-methyl/N-ethyl adjacent to an activating group) is 1. The van der Waals surface area contributed by atoms with Crippen LogP contribution in [0.3, 0.4) is 0 Å². The van der Waals surface area contributed by atoms with E-state index in [1.165, 1.54) is 13.0 Å². The van der Waals surface area contributed by atoms with Crippen LogP contribution in [0.1, 0.15) is 27.2 Å². The molecule has 0 aromatic heterocycles. The minimum absolute atomic E-state index is 0.782. The van der Waals surface area contributed by atoms with E-state index in [1.54, 1.807) is 0 Å². The van der Waals surface area contributed by atoms with Crippen LogP contribution in [-0.2, 0) is 0 Å². The topological polar surface area (TPSA) is 29.3 Å². The number of hydrogen-bond donors (Lipinski definition) is 1. The molecule has 1 atom stereocenters. The maximum Gasteiger partial charge on any atom is 0.0105 e. The lowest BCUT2D eigenvalue weighted by Crippen LogP contribution is -2.32. The van der Waals surface area contributed by atoms with Gasteiger partial charge in [0.25, 0.3) is 0 Å². The zero-order valence-electron chi connectivity index (χ0n) is 8.14. The number of nitrogens with zero attached hydrogens (tertiary/aromatic N) is 1. The summed E-state index contributed by atoms with van der Waals surface area (Å²) in [5.74, 6) is 0.807. The second kappa shape index (κ2) is 6.62. The summed E-state index contributed by atoms with van der Waals surface area (Å²) in [6.07, 6.45) is 1.26. The highest BCUT2D eigenvalue weighted by molar-refractivity contribution is 4.60. The molecule has 0 aromatic rings. The van der Waals surface area contributed by atoms with Crippen LogP contribution >= 0.6 is 0 Å². The molecule has 0 heterocycles. The number of hydrogen-bond acceptors (Lipinski definition) is 2. The van der Waals surface area contributed by atoms with Crippen molar-refractivity contribution in [2.75, 3.05) is 26.2 Å². The average molecular weight is 158 g/mol. The predicted molar refractivity (Wildman–Crippen MR) is 50.6 cm³/mol. The predicted octanol–water partition coefficient (Wildman–Crippen LogP) is 1.31. The third-order valence-electron chi connectivity index (χ3n) is 2.16. The first-order valence-corrected chi connectivity index (χ1v) is 4.66. The smallest absolute Gasteiger partial charge is 0.0105 e. The van der Waals surface area contributed by atoms with E-state index in [4.69, 9.17) is 5.73 Å². The summed E-state index contributed by atoms with van der Waals surface area (Å²) >= 11 is 0. The lowest BCUT2D eigenvalue weighted by Gasteiger charge is -2.22. The Morgan fingerprint density at radius 2 is 2.00 bits per heavy atom. The molecular weight excluding hydrogens is 136 g/mol. The normalized spacial score (nSPS) is 13.9. The summed E-state index contributed by atoms with van der Waals surface area (Å²) in [6.45, 7) is 10.9. The minimum atomic E-state index is 0.782. The van der Waals surface area contributed by atoms with Crippen LogP contribution in [0.15, 0.2) is 0 Å². The zero-order valence-corrected chi connectivity index (χ0v) is 8.14. The van der Waals surface area contributed by atoms with Gasteiger partial charge in [-0.25, -0.2) is 0 Å². The van der Waals surface area contributed by atoms with Gasteiger partial charge in [0.1, 0.15) is 0 Å². The van der Waals surface area contributed by atoms with Crippen molar-refractivity contribution in [1.29, 1.82) is 0 Å². The van der Waals surface area contributed by atoms with Crippen molar-refractivity contribution in [2.24, 2.45) is 11.7 Å². The highest BCUT2D eigenvalue weighted by atomic mass is 15.1. The summed E-state index contributed by atoms with van der Waals surface area (Å²) < 4.78 is 0. The Kier molecular flexibility index (Phi) is 6.57. The largest absolute Gasteiger partial charge is 0.329 e. The van der Waals surface area contributed by atoms with Gasteiger partial charge < -0.3 is 10.6 Å². The fraction of sp³-hybridized carbons (Fsp3) is 1.00. The standard InChI is InChI=1S/C9H22N2/c1-4-9(3)8-11(5-2)7-6-10/h9H,4-8,10H2,1-3H3. The van der Waals surface area contributed by atoms with Crippen LogP contribution in [-0.4, -0.2) is 31.1 Å². The van der Waals surface area contributed by atoms with Crippen LogP contribution in [0, 0.1) is 5.92 Å². The molecule has 0 rings (SSSR count). The molecule has 2 heteroatoms. The van der Waals surface area contributed by atoms with Crippen LogP contribution in [0.4, 0.5) is 0 Å². The monoisotopic (exact) mass is 158 g/mol. The van der Waals surface area contributed by atoms with Crippen molar-refractivity contribution in [3.8, 4) is 0 Å². The Hall–Kier alpha value is -0.0800. The zero-order chi connectivity index (χ0) is 8.69. The van der Waals surface area contributed by atoms with Crippen molar-refractivity contribution in [3.05, 3.63) is 0 Å². The Bertz CT molecular complexity index is 83.6. The van der Waals surface area contributed by atoms with Crippen molar-refractivity contribution in [2.45, 2.75) is 27.2 Å². The van der Waals surface area contributed by atoms with Gasteiger partial charge >= 0.3 is 0 Å². The first-order chi connectivity index (χ1) is 5.24. The first kappa shape index (κ1) is 10.9. The Labute approximate surface area is 70.8 Å². The van der Waals surface area contributed by atoms with Gasteiger partial charge in [-0.1, -0.05) is 27.2 Å². The first-order valence-electron chi connectivity index (χ1n) is 4.66. The highest BCUT2D eigenvalue weighted by Crippen LogP contribution is 2.02. The van der Waals surface area contributed by atoms with Gasteiger partial charge in [-0.05, 0) is 12.5 Å². The molecule has 0 saturated carbocycles. The molecule has 2 N–H and O–H groups in total. The molecule has 2 nitrogen and oxygen atoms in total. The average Bonchev–Trinajstić information content (AvgIpc) is 2.03. The fourth-order valence-electron chi connectivity index (χ4n) is 1.13. The van der Waals surface area contributed by atoms with E-state index in [-0.39, 0.29) is 0 Å². The summed E-state index contributed by atoms with van der Waals surface area (Å²) in [5.41, 5.74) is 5.48. The summed E-state index contributed by atoms with van der Waals surface area (Å²) in [4.78, 5) is 2.41. The molecule has 68 valence electrons. The van der Waals surface area contributed by atoms with Gasteiger partial charge in [0, 0.05) is 19.6 Å². The minimum Gasteiger partial charge on any atom is -0.329 e. The lowest BCUT2D eigenvalue weighted by molar-refractivity contribution is 0.252. The van der Waals surface area contributed by atoms with Crippen LogP contribution < -0.4 is 5.73 Å². The molecule has 0 aliphatic rings. The molecule has 0 radical (unpaired) electrons. The SMILES string of the molecule is CCC(C)CN(CC)CCN. The molecule has 0 saturated heterocycles. The van der Waals surface area contributed by atoms with Gasteiger partial charge in [0.2, 0.25) is 0 Å². The maximum absolute atomic E-state index is 5.48. The molecule has 0 amide bonds. The van der Waals surface area contributed by atoms with Gasteiger partial charge in [0.05, 0.1) is 0 Å². The van der Waals surface area contributed by atoms with Gasteiger partial charge in [-0.15, -0.1) is 0 Å². The van der Waals surface area contributed by atoms with Gasteiger partial charge in [-0.3, -0.25) is 0 Å². The van der Waals surface area contributed by atoms with E-state index in [9.17, 15) is 0 Å². The summed E-state index contributed by atoms with van der Waals surface area (Å²) in [6, 6.07) is 0. The van der Waals surface area contributed by atoms with Crippen LogP contribution in [0.2, 0.25) is 0 Å². The van der Waals surface area contributed by atoms with E-state index in [0.717, 1.165) is 25.6 Å². The quantitative estimate of drug-likeness (QED) is 0.631. The van der Waals surface area contributed by atoms with Crippen LogP contribution in [0.5, 0.6) is 0 Å². The molecule has 0 bridgehead atoms. The Morgan fingerprint density at radius 1 is 1.36 bits per heavy atom. The molecule has 11 heavy (non-hydrogen) atoms. The molecule has 0 fully saturated rings.